The van der Waals surface area contributed by atoms with E-state index in [-0.39, 0.29) is 0 Å². The molecule has 1 aromatic heterocycles. The molecule has 1 N–H and O–H groups in total. The number of nitrogens with one attached hydrogen (secondary N) is 1. The van der Waals surface area contributed by atoms with Gasteiger partial charge >= 0.3 is 0 Å². The van der Waals surface area contributed by atoms with Gasteiger partial charge in [0.25, 0.3) is 0 Å². The maximum Gasteiger partial charge on any atom is 0.225 e. The lowest BCUT2D eigenvalue weighted by atomic mass is 10.1. The average Bonchev–Trinajstić information content (AvgIpc) is 3.22. The van der Waals surface area contributed by atoms with E-state index in [0.717, 1.165) is 49.8 Å². The van der Waals surface area contributed by atoms with Crippen molar-refractivity contribution in [3.63, 3.8) is 0 Å². The fourth-order valence-electron chi connectivity index (χ4n) is 3.76. The summed E-state index contributed by atoms with van der Waals surface area (Å²) in [6.07, 6.45) is 3.04. The molecule has 2 aromatic carbocycles. The highest BCUT2D eigenvalue weighted by molar-refractivity contribution is 5.86. The van der Waals surface area contributed by atoms with Crippen LogP contribution in [0.3, 0.4) is 0 Å². The van der Waals surface area contributed by atoms with Gasteiger partial charge in [-0.2, -0.15) is 0 Å². The molecule has 5 nitrogen and oxygen atoms in total. The van der Waals surface area contributed by atoms with Crippen LogP contribution in [0.2, 0.25) is 0 Å². The highest BCUT2D eigenvalue weighted by Gasteiger charge is 2.27. The molecule has 1 aliphatic rings. The highest BCUT2D eigenvalue weighted by Crippen LogP contribution is 2.25. The smallest absolute Gasteiger partial charge is 0.225 e. The third kappa shape index (κ3) is 3.94. The molecule has 0 aliphatic carbocycles. The van der Waals surface area contributed by atoms with Gasteiger partial charge in [0.15, 0.2) is 0 Å². The fraction of sp³-hybridized carbons (Fsp3) is 0.364. The van der Waals surface area contributed by atoms with E-state index in [4.69, 9.17) is 4.98 Å². The first-order valence-electron chi connectivity index (χ1n) is 9.66. The number of fused-ring (bicyclic) bond motifs is 1. The first kappa shape index (κ1) is 17.9. The number of hydrogen-bond donors (Lipinski definition) is 1. The highest BCUT2D eigenvalue weighted by atomic mass is 15.3. The third-order valence-electron chi connectivity index (χ3n) is 5.47. The molecule has 0 unspecified atom stereocenters. The van der Waals surface area contributed by atoms with Gasteiger partial charge in [0.1, 0.15) is 0 Å². The van der Waals surface area contributed by atoms with E-state index >= 15 is 0 Å². The van der Waals surface area contributed by atoms with Crippen LogP contribution in [0.4, 0.5) is 5.95 Å². The molecular weight excluding hydrogens is 334 g/mol. The van der Waals surface area contributed by atoms with Crippen LogP contribution in [0.1, 0.15) is 6.42 Å². The Labute approximate surface area is 161 Å². The van der Waals surface area contributed by atoms with Gasteiger partial charge in [0.05, 0.1) is 5.69 Å². The van der Waals surface area contributed by atoms with Gasteiger partial charge in [-0.15, -0.1) is 0 Å². The summed E-state index contributed by atoms with van der Waals surface area (Å²) in [7, 11) is 4.21. The molecule has 27 heavy (non-hydrogen) atoms. The van der Waals surface area contributed by atoms with E-state index in [1.165, 1.54) is 10.8 Å². The van der Waals surface area contributed by atoms with Crippen molar-refractivity contribution in [2.45, 2.75) is 12.5 Å². The molecule has 0 amide bonds. The molecule has 2 heterocycles. The molecule has 5 heteroatoms. The maximum absolute atomic E-state index is 4.87. The number of anilines is 1. The summed E-state index contributed by atoms with van der Waals surface area (Å²) in [6, 6.07) is 17.5. The second kappa shape index (κ2) is 8.03. The van der Waals surface area contributed by atoms with Crippen molar-refractivity contribution in [2.75, 3.05) is 45.2 Å². The Morgan fingerprint density at radius 1 is 1.15 bits per heavy atom. The van der Waals surface area contributed by atoms with Crippen molar-refractivity contribution in [3.8, 4) is 11.3 Å². The largest absolute Gasteiger partial charge is 0.339 e. The van der Waals surface area contributed by atoms with Crippen molar-refractivity contribution in [1.29, 1.82) is 0 Å². The number of likely N-dealkylation sites (N-methyl/N-ethyl adjacent to an activating group) is 2. The summed E-state index contributed by atoms with van der Waals surface area (Å²) in [4.78, 5) is 14.2. The second-order valence-electron chi connectivity index (χ2n) is 7.28. The lowest BCUT2D eigenvalue weighted by Gasteiger charge is -2.24. The Balaban J connectivity index is 1.52. The first-order valence-corrected chi connectivity index (χ1v) is 9.66. The van der Waals surface area contributed by atoms with Crippen LogP contribution in [0.25, 0.3) is 22.0 Å². The normalized spacial score (nSPS) is 17.1. The Bertz CT molecular complexity index is 910. The molecule has 1 aliphatic heterocycles. The predicted octanol–water partition coefficient (Wildman–Crippen LogP) is 3.03. The molecule has 1 fully saturated rings. The van der Waals surface area contributed by atoms with E-state index < -0.39 is 0 Å². The third-order valence-corrected chi connectivity index (χ3v) is 5.47. The Hall–Kier alpha value is -2.50. The SMILES string of the molecule is CNCCN(C)[C@H]1CCN(c2nccc(-c3ccc4ccccc4c3)n2)C1. The van der Waals surface area contributed by atoms with Gasteiger partial charge in [0, 0.05) is 44.0 Å². The van der Waals surface area contributed by atoms with Crippen LogP contribution in [0.15, 0.2) is 54.7 Å². The summed E-state index contributed by atoms with van der Waals surface area (Å²) >= 11 is 0. The molecule has 0 saturated carbocycles. The van der Waals surface area contributed by atoms with Crippen molar-refractivity contribution in [1.82, 2.24) is 20.2 Å². The van der Waals surface area contributed by atoms with Crippen molar-refractivity contribution >= 4 is 16.7 Å². The van der Waals surface area contributed by atoms with E-state index in [1.807, 2.05) is 19.3 Å². The first-order chi connectivity index (χ1) is 13.2. The Kier molecular flexibility index (Phi) is 5.32. The minimum Gasteiger partial charge on any atom is -0.339 e. The number of hydrogen-bond acceptors (Lipinski definition) is 5. The van der Waals surface area contributed by atoms with Crippen molar-refractivity contribution in [2.24, 2.45) is 0 Å². The summed E-state index contributed by atoms with van der Waals surface area (Å²) in [5, 5.41) is 5.71. The lowest BCUT2D eigenvalue weighted by molar-refractivity contribution is 0.260. The van der Waals surface area contributed by atoms with Crippen LogP contribution in [0.5, 0.6) is 0 Å². The van der Waals surface area contributed by atoms with Crippen LogP contribution >= 0.6 is 0 Å². The molecule has 1 atom stereocenters. The van der Waals surface area contributed by atoms with Crippen LogP contribution in [0, 0.1) is 0 Å². The molecule has 0 spiro atoms. The van der Waals surface area contributed by atoms with E-state index in [9.17, 15) is 0 Å². The fourth-order valence-corrected chi connectivity index (χ4v) is 3.76. The molecule has 4 rings (SSSR count). The molecule has 1 saturated heterocycles. The number of rotatable bonds is 6. The molecule has 0 bridgehead atoms. The van der Waals surface area contributed by atoms with Crippen LogP contribution in [-0.2, 0) is 0 Å². The van der Waals surface area contributed by atoms with Gasteiger partial charge in [-0.1, -0.05) is 36.4 Å². The summed E-state index contributed by atoms with van der Waals surface area (Å²) in [5.74, 6) is 0.838. The van der Waals surface area contributed by atoms with Gasteiger partial charge in [-0.05, 0) is 43.4 Å². The zero-order valence-corrected chi connectivity index (χ0v) is 16.1. The minimum atomic E-state index is 0.561. The maximum atomic E-state index is 4.87. The molecular formula is C22H27N5. The van der Waals surface area contributed by atoms with Gasteiger partial charge in [-0.25, -0.2) is 9.97 Å². The molecule has 0 radical (unpaired) electrons. The molecule has 3 aromatic rings. The Morgan fingerprint density at radius 3 is 2.85 bits per heavy atom. The van der Waals surface area contributed by atoms with Gasteiger partial charge < -0.3 is 15.1 Å². The summed E-state index contributed by atoms with van der Waals surface area (Å²) < 4.78 is 0. The van der Waals surface area contributed by atoms with Crippen LogP contribution in [-0.4, -0.2) is 61.2 Å². The summed E-state index contributed by atoms with van der Waals surface area (Å²) in [5.41, 5.74) is 2.12. The second-order valence-corrected chi connectivity index (χ2v) is 7.28. The zero-order chi connectivity index (χ0) is 18.6. The number of aromatic nitrogens is 2. The minimum absolute atomic E-state index is 0.561. The topological polar surface area (TPSA) is 44.3 Å². The average molecular weight is 361 g/mol. The van der Waals surface area contributed by atoms with Crippen LogP contribution < -0.4 is 10.2 Å². The van der Waals surface area contributed by atoms with Gasteiger partial charge in [0.2, 0.25) is 5.95 Å². The van der Waals surface area contributed by atoms with E-state index in [0.29, 0.717) is 6.04 Å². The van der Waals surface area contributed by atoms with E-state index in [2.05, 4.69) is 69.6 Å². The summed E-state index contributed by atoms with van der Waals surface area (Å²) in [6.45, 7) is 4.07. The monoisotopic (exact) mass is 361 g/mol. The quantitative estimate of drug-likeness (QED) is 0.731. The molecule has 140 valence electrons. The number of benzene rings is 2. The van der Waals surface area contributed by atoms with E-state index in [1.54, 1.807) is 0 Å². The van der Waals surface area contributed by atoms with Crippen molar-refractivity contribution in [3.05, 3.63) is 54.7 Å². The standard InChI is InChI=1S/C22H27N5/c1-23-12-14-26(2)20-10-13-27(16-20)22-24-11-9-21(25-22)19-8-7-17-5-3-4-6-18(17)15-19/h3-9,11,15,20,23H,10,12-14,16H2,1-2H3/t20-/m0/s1. The predicted molar refractivity (Wildman–Crippen MR) is 112 cm³/mol. The Morgan fingerprint density at radius 2 is 2.00 bits per heavy atom. The lowest BCUT2D eigenvalue weighted by Crippen LogP contribution is -2.38. The number of nitrogens with zero attached hydrogens (tertiary/aromatic N) is 4. The zero-order valence-electron chi connectivity index (χ0n) is 16.1. The van der Waals surface area contributed by atoms with Gasteiger partial charge in [-0.3, -0.25) is 0 Å². The van der Waals surface area contributed by atoms with Crippen molar-refractivity contribution < 1.29 is 0 Å².